The molecule has 0 amide bonds. The van der Waals surface area contributed by atoms with Crippen LogP contribution in [0.15, 0.2) is 52.3 Å². The molecule has 0 radical (unpaired) electrons. The maximum atomic E-state index is 12.3. The molecule has 0 N–H and O–H groups in total. The van der Waals surface area contributed by atoms with Crippen LogP contribution in [-0.4, -0.2) is 5.78 Å². The molecular weight excluding hydrogens is 347 g/mol. The number of carbonyl (C=O) groups excluding carboxylic acids is 1. The summed E-state index contributed by atoms with van der Waals surface area (Å²) in [6.07, 6.45) is 0.0745. The molecule has 1 aliphatic heterocycles. The van der Waals surface area contributed by atoms with Crippen molar-refractivity contribution >= 4 is 49.1 Å². The first-order chi connectivity index (χ1) is 10.2. The van der Waals surface area contributed by atoms with E-state index in [-0.39, 0.29) is 11.9 Å². The fraction of sp³-hybridized carbons (Fsp3) is 0.133. The summed E-state index contributed by atoms with van der Waals surface area (Å²) in [5.74, 6) is 0.686. The van der Waals surface area contributed by atoms with E-state index in [0.717, 1.165) is 26.3 Å². The third-order valence-electron chi connectivity index (χ3n) is 3.32. The van der Waals surface area contributed by atoms with Gasteiger partial charge < -0.3 is 4.74 Å². The first-order valence-corrected chi connectivity index (χ1v) is 9.51. The van der Waals surface area contributed by atoms with E-state index in [1.54, 1.807) is 12.1 Å². The summed E-state index contributed by atoms with van der Waals surface area (Å²) in [5, 5.41) is 0. The van der Waals surface area contributed by atoms with Crippen LogP contribution in [0, 0.1) is 0 Å². The van der Waals surface area contributed by atoms with Gasteiger partial charge in [-0.25, -0.2) is 0 Å². The largest absolute Gasteiger partial charge is 0.484 e. The Morgan fingerprint density at radius 2 is 1.67 bits per heavy atom. The highest BCUT2D eigenvalue weighted by atomic mass is 35.7. The first-order valence-electron chi connectivity index (χ1n) is 6.22. The minimum Gasteiger partial charge on any atom is -0.484 e. The summed E-state index contributed by atoms with van der Waals surface area (Å²) in [5.41, 5.74) is 1.57. The number of carbonyl (C=O) groups is 1. The van der Waals surface area contributed by atoms with E-state index < -0.39 is 0 Å². The molecule has 0 saturated carbocycles. The average molecular weight is 357 g/mol. The fourth-order valence-electron chi connectivity index (χ4n) is 2.27. The predicted octanol–water partition coefficient (Wildman–Crippen LogP) is 5.88. The standard InChI is InChI=1S/C15H10Cl2O2S2/c16-20-10-3-1-9(2-4-10)15-8-13(18)12-7-11(21-17)5-6-14(12)19-15/h1-7,15H,8H2. The Hall–Kier alpha value is -0.810. The maximum Gasteiger partial charge on any atom is 0.170 e. The quantitative estimate of drug-likeness (QED) is 0.685. The van der Waals surface area contributed by atoms with Crippen molar-refractivity contribution in [2.24, 2.45) is 0 Å². The lowest BCUT2D eigenvalue weighted by atomic mass is 9.96. The van der Waals surface area contributed by atoms with Crippen LogP contribution in [0.4, 0.5) is 0 Å². The zero-order valence-corrected chi connectivity index (χ0v) is 13.9. The van der Waals surface area contributed by atoms with Crippen molar-refractivity contribution < 1.29 is 9.53 Å². The van der Waals surface area contributed by atoms with E-state index in [1.165, 1.54) is 11.0 Å². The lowest BCUT2D eigenvalue weighted by molar-refractivity contribution is 0.0849. The molecule has 2 nitrogen and oxygen atoms in total. The molecular formula is C15H10Cl2O2S2. The van der Waals surface area contributed by atoms with Gasteiger partial charge in [0.25, 0.3) is 0 Å². The third kappa shape index (κ3) is 3.19. The Morgan fingerprint density at radius 1 is 1.00 bits per heavy atom. The van der Waals surface area contributed by atoms with E-state index in [1.807, 2.05) is 30.3 Å². The summed E-state index contributed by atoms with van der Waals surface area (Å²) in [6.45, 7) is 0. The van der Waals surface area contributed by atoms with Crippen LogP contribution in [0.25, 0.3) is 0 Å². The van der Waals surface area contributed by atoms with E-state index in [2.05, 4.69) is 0 Å². The summed E-state index contributed by atoms with van der Waals surface area (Å²) in [4.78, 5) is 14.1. The molecule has 0 spiro atoms. The normalized spacial score (nSPS) is 17.2. The number of halogens is 2. The number of ether oxygens (including phenoxy) is 1. The van der Waals surface area contributed by atoms with Crippen molar-refractivity contribution in [2.45, 2.75) is 22.3 Å². The number of hydrogen-bond acceptors (Lipinski definition) is 4. The van der Waals surface area contributed by atoms with Crippen LogP contribution in [0.3, 0.4) is 0 Å². The van der Waals surface area contributed by atoms with Crippen LogP contribution >= 0.6 is 43.3 Å². The number of hydrogen-bond donors (Lipinski definition) is 0. The molecule has 1 unspecified atom stereocenters. The molecule has 0 fully saturated rings. The predicted molar refractivity (Wildman–Crippen MR) is 88.6 cm³/mol. The first kappa shape index (κ1) is 15.1. The summed E-state index contributed by atoms with van der Waals surface area (Å²) >= 11 is 0. The van der Waals surface area contributed by atoms with Gasteiger partial charge in [0.1, 0.15) is 11.9 Å². The van der Waals surface area contributed by atoms with E-state index in [4.69, 9.17) is 26.1 Å². The average Bonchev–Trinajstić information content (AvgIpc) is 2.54. The molecule has 1 atom stereocenters. The molecule has 1 heterocycles. The number of benzene rings is 2. The molecule has 0 aliphatic carbocycles. The molecule has 2 aromatic carbocycles. The van der Waals surface area contributed by atoms with Gasteiger partial charge >= 0.3 is 0 Å². The summed E-state index contributed by atoms with van der Waals surface area (Å²) in [7, 11) is 13.7. The van der Waals surface area contributed by atoms with Crippen molar-refractivity contribution in [1.82, 2.24) is 0 Å². The van der Waals surface area contributed by atoms with Gasteiger partial charge in [0.2, 0.25) is 0 Å². The minimum atomic E-state index is -0.256. The molecule has 2 aromatic rings. The second kappa shape index (κ2) is 6.53. The number of rotatable bonds is 3. The number of fused-ring (bicyclic) bond motifs is 1. The van der Waals surface area contributed by atoms with Crippen molar-refractivity contribution in [3.05, 3.63) is 53.6 Å². The third-order valence-corrected chi connectivity index (χ3v) is 5.27. The molecule has 0 saturated heterocycles. The van der Waals surface area contributed by atoms with Gasteiger partial charge in [0.05, 0.1) is 12.0 Å². The maximum absolute atomic E-state index is 12.3. The van der Waals surface area contributed by atoms with Crippen molar-refractivity contribution in [3.8, 4) is 5.75 Å². The topological polar surface area (TPSA) is 26.3 Å². The Kier molecular flexibility index (Phi) is 4.69. The Bertz CT molecular complexity index is 674. The van der Waals surface area contributed by atoms with Gasteiger partial charge in [0.15, 0.2) is 5.78 Å². The van der Waals surface area contributed by atoms with Gasteiger partial charge in [-0.05, 0) is 79.2 Å². The van der Waals surface area contributed by atoms with Crippen molar-refractivity contribution in [1.29, 1.82) is 0 Å². The molecule has 21 heavy (non-hydrogen) atoms. The van der Waals surface area contributed by atoms with Crippen LogP contribution in [0.5, 0.6) is 5.75 Å². The Balaban J connectivity index is 1.89. The van der Waals surface area contributed by atoms with Gasteiger partial charge in [-0.15, -0.1) is 0 Å². The van der Waals surface area contributed by atoms with Crippen LogP contribution in [-0.2, 0) is 0 Å². The van der Waals surface area contributed by atoms with Crippen LogP contribution in [0.1, 0.15) is 28.4 Å². The smallest absolute Gasteiger partial charge is 0.170 e. The second-order valence-corrected chi connectivity index (χ2v) is 6.79. The molecule has 1 aliphatic rings. The van der Waals surface area contributed by atoms with Gasteiger partial charge in [-0.1, -0.05) is 12.1 Å². The van der Waals surface area contributed by atoms with Crippen molar-refractivity contribution in [3.63, 3.8) is 0 Å². The zero-order valence-electron chi connectivity index (χ0n) is 10.7. The highest BCUT2D eigenvalue weighted by molar-refractivity contribution is 8.21. The van der Waals surface area contributed by atoms with Crippen molar-refractivity contribution in [2.75, 3.05) is 0 Å². The monoisotopic (exact) mass is 356 g/mol. The molecule has 108 valence electrons. The number of Topliss-reactive ketones (excluding diaryl/α,β-unsaturated/α-hetero) is 1. The summed E-state index contributed by atoms with van der Waals surface area (Å²) in [6, 6.07) is 13.1. The van der Waals surface area contributed by atoms with Gasteiger partial charge in [-0.2, -0.15) is 0 Å². The molecule has 0 bridgehead atoms. The lowest BCUT2D eigenvalue weighted by Gasteiger charge is -2.25. The van der Waals surface area contributed by atoms with Gasteiger partial charge in [0, 0.05) is 9.79 Å². The zero-order chi connectivity index (χ0) is 14.8. The van der Waals surface area contributed by atoms with E-state index in [9.17, 15) is 4.79 Å². The lowest BCUT2D eigenvalue weighted by Crippen LogP contribution is -2.20. The Labute approximate surface area is 140 Å². The molecule has 6 heteroatoms. The SMILES string of the molecule is O=C1CC(c2ccc(SCl)cc2)Oc2ccc(SCl)cc21. The van der Waals surface area contributed by atoms with E-state index >= 15 is 0 Å². The van der Waals surface area contributed by atoms with Crippen LogP contribution in [0.2, 0.25) is 0 Å². The molecule has 3 rings (SSSR count). The molecule has 0 aromatic heterocycles. The second-order valence-electron chi connectivity index (χ2n) is 4.62. The summed E-state index contributed by atoms with van der Waals surface area (Å²) < 4.78 is 5.95. The highest BCUT2D eigenvalue weighted by Crippen LogP contribution is 2.37. The fourth-order valence-corrected chi connectivity index (χ4v) is 3.39. The van der Waals surface area contributed by atoms with Gasteiger partial charge in [-0.3, -0.25) is 4.79 Å². The number of ketones is 1. The van der Waals surface area contributed by atoms with Crippen LogP contribution < -0.4 is 4.74 Å². The minimum absolute atomic E-state index is 0.0737. The highest BCUT2D eigenvalue weighted by Gasteiger charge is 2.27. The Morgan fingerprint density at radius 3 is 2.33 bits per heavy atom. The van der Waals surface area contributed by atoms with E-state index in [0.29, 0.717) is 17.7 Å².